The molecule has 1 aromatic rings. The van der Waals surface area contributed by atoms with E-state index in [4.69, 9.17) is 4.52 Å². The Kier molecular flexibility index (Phi) is 5.56. The Hall–Kier alpha value is -1.56. The molecule has 20 heavy (non-hydrogen) atoms. The van der Waals surface area contributed by atoms with E-state index in [1.165, 1.54) is 0 Å². The van der Waals surface area contributed by atoms with Crippen LogP contribution in [0.4, 0.5) is 10.5 Å². The lowest BCUT2D eigenvalue weighted by Gasteiger charge is -2.25. The van der Waals surface area contributed by atoms with Crippen molar-refractivity contribution < 1.29 is 14.4 Å². The summed E-state index contributed by atoms with van der Waals surface area (Å²) >= 11 is 0. The van der Waals surface area contributed by atoms with Crippen molar-refractivity contribution in [2.75, 3.05) is 11.9 Å². The van der Waals surface area contributed by atoms with Crippen molar-refractivity contribution >= 4 is 11.7 Å². The third-order valence-electron chi connectivity index (χ3n) is 2.92. The standard InChI is InChI=1S/C14H25N3O3/c1-6-11-12(9(2)20-17-11)16-13(19)15-10(8-18)7-14(3,4)5/h10,18H,6-8H2,1-5H3,(H2,15,16,19). The van der Waals surface area contributed by atoms with Crippen molar-refractivity contribution in [3.05, 3.63) is 11.5 Å². The molecule has 114 valence electrons. The second kappa shape index (κ2) is 6.74. The lowest BCUT2D eigenvalue weighted by Crippen LogP contribution is -2.42. The monoisotopic (exact) mass is 283 g/mol. The number of carbonyl (C=O) groups is 1. The average molecular weight is 283 g/mol. The normalized spacial score (nSPS) is 13.1. The Morgan fingerprint density at radius 1 is 1.45 bits per heavy atom. The van der Waals surface area contributed by atoms with Crippen LogP contribution in [0.25, 0.3) is 0 Å². The largest absolute Gasteiger partial charge is 0.394 e. The predicted octanol–water partition coefficient (Wildman–Crippen LogP) is 2.46. The fourth-order valence-corrected chi connectivity index (χ4v) is 2.05. The zero-order chi connectivity index (χ0) is 15.3. The van der Waals surface area contributed by atoms with Gasteiger partial charge in [-0.15, -0.1) is 0 Å². The van der Waals surface area contributed by atoms with Crippen LogP contribution < -0.4 is 10.6 Å². The number of hydrogen-bond donors (Lipinski definition) is 3. The van der Waals surface area contributed by atoms with Gasteiger partial charge in [-0.25, -0.2) is 4.79 Å². The first-order valence-electron chi connectivity index (χ1n) is 6.90. The lowest BCUT2D eigenvalue weighted by molar-refractivity contribution is 0.196. The molecule has 0 radical (unpaired) electrons. The number of aromatic nitrogens is 1. The Balaban J connectivity index is 2.64. The Bertz CT molecular complexity index is 449. The summed E-state index contributed by atoms with van der Waals surface area (Å²) < 4.78 is 5.06. The molecule has 6 heteroatoms. The first-order valence-corrected chi connectivity index (χ1v) is 6.90. The van der Waals surface area contributed by atoms with Gasteiger partial charge in [-0.05, 0) is 25.2 Å². The molecule has 0 aromatic carbocycles. The number of aliphatic hydroxyl groups excluding tert-OH is 1. The van der Waals surface area contributed by atoms with Crippen molar-refractivity contribution in [3.8, 4) is 0 Å². The van der Waals surface area contributed by atoms with Crippen LogP contribution in [-0.4, -0.2) is 28.9 Å². The molecule has 0 bridgehead atoms. The quantitative estimate of drug-likeness (QED) is 0.774. The van der Waals surface area contributed by atoms with E-state index in [1.54, 1.807) is 6.92 Å². The van der Waals surface area contributed by atoms with Crippen molar-refractivity contribution in [2.45, 2.75) is 53.5 Å². The highest BCUT2D eigenvalue weighted by atomic mass is 16.5. The third kappa shape index (κ3) is 4.85. The van der Waals surface area contributed by atoms with E-state index in [1.807, 2.05) is 6.92 Å². The van der Waals surface area contributed by atoms with Crippen LogP contribution in [0.15, 0.2) is 4.52 Å². The highest BCUT2D eigenvalue weighted by Crippen LogP contribution is 2.22. The number of carbonyl (C=O) groups excluding carboxylic acids is 1. The molecule has 6 nitrogen and oxygen atoms in total. The molecule has 1 rings (SSSR count). The molecule has 1 aromatic heterocycles. The molecule has 0 aliphatic carbocycles. The predicted molar refractivity (Wildman–Crippen MR) is 77.7 cm³/mol. The van der Waals surface area contributed by atoms with E-state index >= 15 is 0 Å². The maximum Gasteiger partial charge on any atom is 0.319 e. The first-order chi connectivity index (χ1) is 9.26. The van der Waals surface area contributed by atoms with E-state index < -0.39 is 0 Å². The van der Waals surface area contributed by atoms with Crippen LogP contribution >= 0.6 is 0 Å². The lowest BCUT2D eigenvalue weighted by atomic mass is 9.88. The highest BCUT2D eigenvalue weighted by molar-refractivity contribution is 5.90. The summed E-state index contributed by atoms with van der Waals surface area (Å²) in [4.78, 5) is 12.0. The van der Waals surface area contributed by atoms with Crippen LogP contribution in [0.2, 0.25) is 0 Å². The van der Waals surface area contributed by atoms with Gasteiger partial charge in [0.1, 0.15) is 11.4 Å². The fraction of sp³-hybridized carbons (Fsp3) is 0.714. The summed E-state index contributed by atoms with van der Waals surface area (Å²) in [6.07, 6.45) is 1.37. The second-order valence-corrected chi connectivity index (χ2v) is 6.16. The Morgan fingerprint density at radius 3 is 2.60 bits per heavy atom. The SMILES string of the molecule is CCc1noc(C)c1NC(=O)NC(CO)CC(C)(C)C. The zero-order valence-corrected chi connectivity index (χ0v) is 12.9. The number of amides is 2. The number of hydrogen-bond acceptors (Lipinski definition) is 4. The molecular formula is C14H25N3O3. The number of urea groups is 1. The van der Waals surface area contributed by atoms with E-state index in [0.717, 1.165) is 0 Å². The number of nitrogens with one attached hydrogen (secondary N) is 2. The van der Waals surface area contributed by atoms with Gasteiger partial charge in [0, 0.05) is 0 Å². The minimum absolute atomic E-state index is 0.0301. The van der Waals surface area contributed by atoms with Crippen molar-refractivity contribution in [3.63, 3.8) is 0 Å². The highest BCUT2D eigenvalue weighted by Gasteiger charge is 2.21. The molecular weight excluding hydrogens is 258 g/mol. The smallest absolute Gasteiger partial charge is 0.319 e. The van der Waals surface area contributed by atoms with Crippen LogP contribution in [0.1, 0.15) is 45.6 Å². The van der Waals surface area contributed by atoms with Gasteiger partial charge in [0.15, 0.2) is 5.76 Å². The summed E-state index contributed by atoms with van der Waals surface area (Å²) in [6, 6.07) is -0.630. The topological polar surface area (TPSA) is 87.4 Å². The van der Waals surface area contributed by atoms with E-state index in [2.05, 4.69) is 36.6 Å². The summed E-state index contributed by atoms with van der Waals surface area (Å²) in [5.41, 5.74) is 1.36. The minimum atomic E-state index is -0.352. The minimum Gasteiger partial charge on any atom is -0.394 e. The van der Waals surface area contributed by atoms with Crippen molar-refractivity contribution in [1.29, 1.82) is 0 Å². The molecule has 0 spiro atoms. The number of rotatable bonds is 5. The molecule has 1 heterocycles. The number of anilines is 1. The average Bonchev–Trinajstić information content (AvgIpc) is 2.68. The molecule has 0 saturated carbocycles. The number of aliphatic hydroxyl groups is 1. The van der Waals surface area contributed by atoms with Gasteiger partial charge < -0.3 is 20.3 Å². The van der Waals surface area contributed by atoms with Gasteiger partial charge >= 0.3 is 6.03 Å². The van der Waals surface area contributed by atoms with Gasteiger partial charge in [-0.2, -0.15) is 0 Å². The Labute approximate surface area is 119 Å². The maximum absolute atomic E-state index is 12.0. The summed E-state index contributed by atoms with van der Waals surface area (Å²) in [7, 11) is 0. The summed E-state index contributed by atoms with van der Waals surface area (Å²) in [5.74, 6) is 0.577. The first kappa shape index (κ1) is 16.5. The molecule has 3 N–H and O–H groups in total. The van der Waals surface area contributed by atoms with Crippen molar-refractivity contribution in [1.82, 2.24) is 10.5 Å². The summed E-state index contributed by atoms with van der Waals surface area (Å²) in [5, 5.41) is 18.7. The fourth-order valence-electron chi connectivity index (χ4n) is 2.05. The Morgan fingerprint density at radius 2 is 2.10 bits per heavy atom. The molecule has 0 aliphatic heterocycles. The van der Waals surface area contributed by atoms with Crippen LogP contribution in [0.3, 0.4) is 0 Å². The van der Waals surface area contributed by atoms with E-state index in [0.29, 0.717) is 30.0 Å². The molecule has 1 atom stereocenters. The van der Waals surface area contributed by atoms with E-state index in [-0.39, 0.29) is 24.1 Å². The van der Waals surface area contributed by atoms with Gasteiger partial charge in [-0.1, -0.05) is 32.9 Å². The van der Waals surface area contributed by atoms with Crippen LogP contribution in [0.5, 0.6) is 0 Å². The van der Waals surface area contributed by atoms with Gasteiger partial charge in [0.25, 0.3) is 0 Å². The van der Waals surface area contributed by atoms with Gasteiger partial charge in [0.05, 0.1) is 12.6 Å². The molecule has 0 saturated heterocycles. The zero-order valence-electron chi connectivity index (χ0n) is 12.9. The van der Waals surface area contributed by atoms with E-state index in [9.17, 15) is 9.90 Å². The molecule has 1 unspecified atom stereocenters. The molecule has 0 aliphatic rings. The number of nitrogens with zero attached hydrogens (tertiary/aromatic N) is 1. The van der Waals surface area contributed by atoms with Gasteiger partial charge in [-0.3, -0.25) is 0 Å². The number of aryl methyl sites for hydroxylation is 2. The van der Waals surface area contributed by atoms with Crippen LogP contribution in [-0.2, 0) is 6.42 Å². The third-order valence-corrected chi connectivity index (χ3v) is 2.92. The van der Waals surface area contributed by atoms with Crippen molar-refractivity contribution in [2.24, 2.45) is 5.41 Å². The van der Waals surface area contributed by atoms with Gasteiger partial charge in [0.2, 0.25) is 0 Å². The molecule has 0 fully saturated rings. The van der Waals surface area contributed by atoms with Crippen LogP contribution in [0, 0.1) is 12.3 Å². The second-order valence-electron chi connectivity index (χ2n) is 6.16. The maximum atomic E-state index is 12.0. The summed E-state index contributed by atoms with van der Waals surface area (Å²) in [6.45, 7) is 9.79. The molecule has 2 amide bonds.